The Morgan fingerprint density at radius 2 is 0.839 bits per heavy atom. The number of hydrogen-bond acceptors (Lipinski definition) is 0. The van der Waals surface area contributed by atoms with Crippen LogP contribution in [0.5, 0.6) is 0 Å². The van der Waals surface area contributed by atoms with E-state index in [1.165, 1.54) is 31.4 Å². The van der Waals surface area contributed by atoms with Crippen molar-refractivity contribution in [1.82, 2.24) is 0 Å². The van der Waals surface area contributed by atoms with E-state index in [9.17, 15) is 0 Å². The lowest BCUT2D eigenvalue weighted by molar-refractivity contribution is 0.529. The van der Waals surface area contributed by atoms with Crippen LogP contribution in [0.1, 0.15) is 79.0 Å². The van der Waals surface area contributed by atoms with Crippen molar-refractivity contribution in [2.75, 3.05) is 0 Å². The van der Waals surface area contributed by atoms with E-state index < -0.39 is 0 Å². The minimum Gasteiger partial charge on any atom is -0.0619 e. The molecular weight excluding hydrogens is 392 g/mol. The summed E-state index contributed by atoms with van der Waals surface area (Å²) >= 11 is 0. The molecular formula is C30H39S+. The summed E-state index contributed by atoms with van der Waals surface area (Å²) in [5.41, 5.74) is 4.57. The van der Waals surface area contributed by atoms with Gasteiger partial charge in [0.25, 0.3) is 0 Å². The summed E-state index contributed by atoms with van der Waals surface area (Å²) in [6.45, 7) is 21.2. The molecule has 0 unspecified atom stereocenters. The van der Waals surface area contributed by atoms with E-state index in [1.54, 1.807) is 0 Å². The highest BCUT2D eigenvalue weighted by Gasteiger charge is 2.40. The molecule has 0 aliphatic heterocycles. The lowest BCUT2D eigenvalue weighted by Crippen LogP contribution is -2.26. The van der Waals surface area contributed by atoms with Gasteiger partial charge in [-0.1, -0.05) is 98.7 Å². The zero-order chi connectivity index (χ0) is 23.0. The molecule has 0 aromatic heterocycles. The molecule has 0 aliphatic carbocycles. The maximum absolute atomic E-state index is 2.50. The smallest absolute Gasteiger partial charge is 0.0619 e. The molecule has 164 valence electrons. The lowest BCUT2D eigenvalue weighted by Gasteiger charge is -2.32. The van der Waals surface area contributed by atoms with Crippen LogP contribution in [0, 0.1) is 0 Å². The molecule has 0 saturated heterocycles. The summed E-state index contributed by atoms with van der Waals surface area (Å²) in [6.07, 6.45) is 0. The summed E-state index contributed by atoms with van der Waals surface area (Å²) in [5.74, 6) is 0. The predicted octanol–water partition coefficient (Wildman–Crippen LogP) is 8.67. The Balaban J connectivity index is 2.48. The number of rotatable bonds is 3. The average molecular weight is 432 g/mol. The molecule has 0 spiro atoms. The van der Waals surface area contributed by atoms with E-state index in [2.05, 4.69) is 135 Å². The van der Waals surface area contributed by atoms with Gasteiger partial charge in [-0.25, -0.2) is 0 Å². The summed E-state index contributed by atoms with van der Waals surface area (Å²) in [7, 11) is -0.166. The van der Waals surface area contributed by atoms with Crippen LogP contribution in [0.15, 0.2) is 87.5 Å². The molecule has 0 nitrogen and oxygen atoms in total. The van der Waals surface area contributed by atoms with Gasteiger partial charge in [0, 0.05) is 11.1 Å². The zero-order valence-corrected chi connectivity index (χ0v) is 21.7. The van der Waals surface area contributed by atoms with E-state index in [-0.39, 0.29) is 27.1 Å². The second-order valence-electron chi connectivity index (χ2n) is 11.6. The molecule has 3 aromatic rings. The minimum atomic E-state index is -0.166. The Labute approximate surface area is 193 Å². The van der Waals surface area contributed by atoms with Gasteiger partial charge in [0.2, 0.25) is 0 Å². The third-order valence-corrected chi connectivity index (χ3v) is 8.07. The highest BCUT2D eigenvalue weighted by atomic mass is 32.2. The second kappa shape index (κ2) is 8.51. The molecule has 0 amide bonds. The van der Waals surface area contributed by atoms with Crippen LogP contribution in [0.25, 0.3) is 0 Å². The molecule has 0 bridgehead atoms. The Kier molecular flexibility index (Phi) is 6.50. The van der Waals surface area contributed by atoms with Gasteiger partial charge in [-0.3, -0.25) is 0 Å². The van der Waals surface area contributed by atoms with Crippen LogP contribution in [-0.4, -0.2) is 0 Å². The topological polar surface area (TPSA) is 0 Å². The van der Waals surface area contributed by atoms with Crippen LogP contribution in [0.4, 0.5) is 0 Å². The first-order chi connectivity index (χ1) is 14.3. The van der Waals surface area contributed by atoms with Crippen molar-refractivity contribution >= 4 is 10.9 Å². The molecule has 3 rings (SSSR count). The van der Waals surface area contributed by atoms with E-state index in [0.717, 1.165) is 0 Å². The lowest BCUT2D eigenvalue weighted by atomic mass is 9.75. The van der Waals surface area contributed by atoms with Crippen molar-refractivity contribution in [3.63, 3.8) is 0 Å². The van der Waals surface area contributed by atoms with Crippen LogP contribution >= 0.6 is 0 Å². The molecule has 0 radical (unpaired) electrons. The molecule has 0 saturated carbocycles. The third kappa shape index (κ3) is 5.26. The Hall–Kier alpha value is -1.99. The first kappa shape index (κ1) is 23.7. The number of hydrogen-bond donors (Lipinski definition) is 0. The van der Waals surface area contributed by atoms with E-state index >= 15 is 0 Å². The molecule has 0 atom stereocenters. The van der Waals surface area contributed by atoms with Crippen molar-refractivity contribution in [2.24, 2.45) is 0 Å². The van der Waals surface area contributed by atoms with Gasteiger partial charge in [-0.05, 0) is 58.2 Å². The third-order valence-electron chi connectivity index (χ3n) is 5.73. The molecule has 31 heavy (non-hydrogen) atoms. The van der Waals surface area contributed by atoms with Gasteiger partial charge in [0.1, 0.15) is 0 Å². The van der Waals surface area contributed by atoms with Crippen molar-refractivity contribution in [3.05, 3.63) is 89.5 Å². The molecule has 0 fully saturated rings. The molecule has 3 aromatic carbocycles. The molecule has 0 heterocycles. The van der Waals surface area contributed by atoms with Crippen LogP contribution < -0.4 is 0 Å². The number of benzene rings is 3. The normalized spacial score (nSPS) is 13.0. The highest BCUT2D eigenvalue weighted by Crippen LogP contribution is 2.45. The van der Waals surface area contributed by atoms with E-state index in [0.29, 0.717) is 0 Å². The molecule has 0 N–H and O–H groups in total. The summed E-state index contributed by atoms with van der Waals surface area (Å²) in [6, 6.07) is 27.1. The standard InChI is InChI=1S/C30H39S/c1-28(2,3)22-20-25(29(4,5)6)27(26(21-22)30(7,8)9)31(23-16-12-10-13-17-23)24-18-14-11-15-19-24/h10-21H,1-9H3/q+1. The van der Waals surface area contributed by atoms with Crippen molar-refractivity contribution in [3.8, 4) is 0 Å². The maximum atomic E-state index is 2.50. The van der Waals surface area contributed by atoms with Crippen molar-refractivity contribution in [1.29, 1.82) is 0 Å². The predicted molar refractivity (Wildman–Crippen MR) is 138 cm³/mol. The zero-order valence-electron chi connectivity index (χ0n) is 20.8. The van der Waals surface area contributed by atoms with Crippen molar-refractivity contribution < 1.29 is 0 Å². The first-order valence-corrected chi connectivity index (χ1v) is 12.6. The van der Waals surface area contributed by atoms with Gasteiger partial charge in [-0.15, -0.1) is 0 Å². The molecule has 0 aliphatic rings. The van der Waals surface area contributed by atoms with Crippen LogP contribution in [0.3, 0.4) is 0 Å². The fourth-order valence-electron chi connectivity index (χ4n) is 3.88. The fraction of sp³-hybridized carbons (Fsp3) is 0.400. The average Bonchev–Trinajstić information content (AvgIpc) is 2.67. The highest BCUT2D eigenvalue weighted by molar-refractivity contribution is 7.97. The van der Waals surface area contributed by atoms with Gasteiger partial charge in [0.05, 0.1) is 10.9 Å². The summed E-state index contributed by atoms with van der Waals surface area (Å²) in [5, 5.41) is 0. The Morgan fingerprint density at radius 1 is 0.484 bits per heavy atom. The first-order valence-electron chi connectivity index (χ1n) is 11.3. The quantitative estimate of drug-likeness (QED) is 0.364. The van der Waals surface area contributed by atoms with Crippen LogP contribution in [-0.2, 0) is 27.1 Å². The Bertz CT molecular complexity index is 935. The monoisotopic (exact) mass is 431 g/mol. The second-order valence-corrected chi connectivity index (χ2v) is 13.5. The maximum Gasteiger partial charge on any atom is 0.174 e. The van der Waals surface area contributed by atoms with Gasteiger partial charge < -0.3 is 0 Å². The Morgan fingerprint density at radius 3 is 1.13 bits per heavy atom. The SMILES string of the molecule is CC(C)(C)c1cc(C(C)(C)C)c([S+](c2ccccc2)c2ccccc2)c(C(C)(C)C)c1. The largest absolute Gasteiger partial charge is 0.174 e. The van der Waals surface area contributed by atoms with Gasteiger partial charge >= 0.3 is 0 Å². The summed E-state index contributed by atoms with van der Waals surface area (Å²) in [4.78, 5) is 4.27. The van der Waals surface area contributed by atoms with Crippen LogP contribution in [0.2, 0.25) is 0 Å². The van der Waals surface area contributed by atoms with Gasteiger partial charge in [-0.2, -0.15) is 0 Å². The van der Waals surface area contributed by atoms with E-state index in [1.807, 2.05) is 0 Å². The summed E-state index contributed by atoms with van der Waals surface area (Å²) < 4.78 is 0. The van der Waals surface area contributed by atoms with E-state index in [4.69, 9.17) is 0 Å². The van der Waals surface area contributed by atoms with Crippen molar-refractivity contribution in [2.45, 2.75) is 93.2 Å². The minimum absolute atomic E-state index is 0.0470. The molecule has 1 heteroatoms. The van der Waals surface area contributed by atoms with Gasteiger partial charge in [0.15, 0.2) is 14.7 Å². The fourth-order valence-corrected chi connectivity index (χ4v) is 6.65.